The highest BCUT2D eigenvalue weighted by molar-refractivity contribution is 6.01. The summed E-state index contributed by atoms with van der Waals surface area (Å²) in [5, 5.41) is 13.8. The molecule has 0 saturated heterocycles. The van der Waals surface area contributed by atoms with Gasteiger partial charge >= 0.3 is 5.97 Å². The van der Waals surface area contributed by atoms with Crippen molar-refractivity contribution in [2.24, 2.45) is 0 Å². The van der Waals surface area contributed by atoms with Crippen molar-refractivity contribution in [3.63, 3.8) is 0 Å². The zero-order valence-electron chi connectivity index (χ0n) is 16.3. The molecule has 8 heteroatoms. The summed E-state index contributed by atoms with van der Waals surface area (Å²) in [6, 6.07) is 10.9. The molecule has 3 rings (SSSR count). The van der Waals surface area contributed by atoms with Crippen LogP contribution in [0.4, 0.5) is 11.4 Å². The third kappa shape index (κ3) is 3.91. The van der Waals surface area contributed by atoms with Crippen molar-refractivity contribution < 1.29 is 24.0 Å². The Labute approximate surface area is 168 Å². The molecular weight excluding hydrogens is 376 g/mol. The summed E-state index contributed by atoms with van der Waals surface area (Å²) in [6.45, 7) is 0. The standard InChI is InChI=1S/C21H22N2O6/c1-28-18-10-7-15(13-17(18)19(24)29-2)22-20(25)21(11-3-4-12-21)14-5-8-16(9-6-14)23(26)27/h5-10,13H,3-4,11-12H2,1-2H3,(H,22,25). The minimum Gasteiger partial charge on any atom is -0.496 e. The van der Waals surface area contributed by atoms with Crippen LogP contribution in [-0.2, 0) is 14.9 Å². The van der Waals surface area contributed by atoms with Gasteiger partial charge in [0.2, 0.25) is 5.91 Å². The third-order valence-electron chi connectivity index (χ3n) is 5.39. The molecule has 0 bridgehead atoms. The van der Waals surface area contributed by atoms with Crippen LogP contribution in [0.25, 0.3) is 0 Å². The molecule has 1 aliphatic rings. The second-order valence-corrected chi connectivity index (χ2v) is 6.95. The lowest BCUT2D eigenvalue weighted by atomic mass is 9.78. The van der Waals surface area contributed by atoms with Gasteiger partial charge in [-0.05, 0) is 36.6 Å². The number of nitrogens with one attached hydrogen (secondary N) is 1. The summed E-state index contributed by atoms with van der Waals surface area (Å²) in [4.78, 5) is 35.7. The number of hydrogen-bond acceptors (Lipinski definition) is 6. The third-order valence-corrected chi connectivity index (χ3v) is 5.39. The zero-order valence-corrected chi connectivity index (χ0v) is 16.3. The Morgan fingerprint density at radius 1 is 1.07 bits per heavy atom. The van der Waals surface area contributed by atoms with Gasteiger partial charge in [0.05, 0.1) is 24.6 Å². The van der Waals surface area contributed by atoms with Crippen LogP contribution in [0, 0.1) is 10.1 Å². The van der Waals surface area contributed by atoms with Crippen LogP contribution in [0.1, 0.15) is 41.6 Å². The molecule has 1 fully saturated rings. The van der Waals surface area contributed by atoms with Crippen molar-refractivity contribution in [1.82, 2.24) is 0 Å². The van der Waals surface area contributed by atoms with Crippen molar-refractivity contribution in [3.8, 4) is 5.75 Å². The molecule has 1 N–H and O–H groups in total. The Kier molecular flexibility index (Phi) is 5.81. The molecule has 1 saturated carbocycles. The highest BCUT2D eigenvalue weighted by Crippen LogP contribution is 2.42. The van der Waals surface area contributed by atoms with Crippen LogP contribution < -0.4 is 10.1 Å². The van der Waals surface area contributed by atoms with Crippen LogP contribution in [0.15, 0.2) is 42.5 Å². The predicted molar refractivity (Wildman–Crippen MR) is 106 cm³/mol. The van der Waals surface area contributed by atoms with Gasteiger partial charge in [-0.15, -0.1) is 0 Å². The Morgan fingerprint density at radius 3 is 2.28 bits per heavy atom. The fourth-order valence-electron chi connectivity index (χ4n) is 3.83. The van der Waals surface area contributed by atoms with Crippen molar-refractivity contribution in [2.45, 2.75) is 31.1 Å². The maximum Gasteiger partial charge on any atom is 0.341 e. The van der Waals surface area contributed by atoms with Crippen molar-refractivity contribution >= 4 is 23.3 Å². The number of esters is 1. The molecule has 8 nitrogen and oxygen atoms in total. The summed E-state index contributed by atoms with van der Waals surface area (Å²) in [5.41, 5.74) is 0.633. The van der Waals surface area contributed by atoms with Gasteiger partial charge in [0, 0.05) is 17.8 Å². The molecule has 0 atom stereocenters. The summed E-state index contributed by atoms with van der Waals surface area (Å²) in [7, 11) is 2.72. The largest absolute Gasteiger partial charge is 0.496 e. The van der Waals surface area contributed by atoms with E-state index in [1.807, 2.05) is 0 Å². The molecule has 2 aromatic carbocycles. The van der Waals surface area contributed by atoms with E-state index in [0.717, 1.165) is 18.4 Å². The first-order valence-electron chi connectivity index (χ1n) is 9.24. The number of non-ortho nitro benzene ring substituents is 1. The van der Waals surface area contributed by atoms with Gasteiger partial charge in [-0.1, -0.05) is 25.0 Å². The molecular formula is C21H22N2O6. The Morgan fingerprint density at radius 2 is 1.72 bits per heavy atom. The Hall–Kier alpha value is -3.42. The van der Waals surface area contributed by atoms with Crippen molar-refractivity contribution in [3.05, 3.63) is 63.7 Å². The molecule has 1 aliphatic carbocycles. The lowest BCUT2D eigenvalue weighted by molar-refractivity contribution is -0.384. The number of benzene rings is 2. The van der Waals surface area contributed by atoms with Crippen molar-refractivity contribution in [1.29, 1.82) is 0 Å². The van der Waals surface area contributed by atoms with Crippen LogP contribution in [-0.4, -0.2) is 31.0 Å². The highest BCUT2D eigenvalue weighted by atomic mass is 16.6. The molecule has 2 aromatic rings. The average molecular weight is 398 g/mol. The van der Waals surface area contributed by atoms with Gasteiger partial charge < -0.3 is 14.8 Å². The van der Waals surface area contributed by atoms with E-state index in [1.54, 1.807) is 24.3 Å². The zero-order chi connectivity index (χ0) is 21.0. The van der Waals surface area contributed by atoms with Gasteiger partial charge in [-0.25, -0.2) is 4.79 Å². The highest BCUT2D eigenvalue weighted by Gasteiger charge is 2.43. The number of anilines is 1. The normalized spacial score (nSPS) is 14.8. The van der Waals surface area contributed by atoms with Crippen LogP contribution >= 0.6 is 0 Å². The molecule has 1 amide bonds. The first-order chi connectivity index (χ1) is 13.9. The number of methoxy groups -OCH3 is 2. The van der Waals surface area contributed by atoms with Crippen molar-refractivity contribution in [2.75, 3.05) is 19.5 Å². The van der Waals surface area contributed by atoms with Gasteiger partial charge in [0.25, 0.3) is 5.69 Å². The lowest BCUT2D eigenvalue weighted by Gasteiger charge is -2.28. The number of carbonyl (C=O) groups is 2. The maximum atomic E-state index is 13.3. The number of nitrogens with zero attached hydrogens (tertiary/aromatic N) is 1. The second-order valence-electron chi connectivity index (χ2n) is 6.95. The van der Waals surface area contributed by atoms with Crippen LogP contribution in [0.5, 0.6) is 5.75 Å². The van der Waals surface area contributed by atoms with E-state index >= 15 is 0 Å². The lowest BCUT2D eigenvalue weighted by Crippen LogP contribution is -2.38. The fourth-order valence-corrected chi connectivity index (χ4v) is 3.83. The van der Waals surface area contributed by atoms with Crippen LogP contribution in [0.3, 0.4) is 0 Å². The van der Waals surface area contributed by atoms with Gasteiger partial charge in [0.1, 0.15) is 11.3 Å². The second kappa shape index (κ2) is 8.30. The van der Waals surface area contributed by atoms with Gasteiger partial charge in [0.15, 0.2) is 0 Å². The molecule has 0 aromatic heterocycles. The molecule has 29 heavy (non-hydrogen) atoms. The number of ether oxygens (including phenoxy) is 2. The number of nitro benzene ring substituents is 1. The van der Waals surface area contributed by atoms with Gasteiger partial charge in [-0.2, -0.15) is 0 Å². The quantitative estimate of drug-likeness (QED) is 0.450. The van der Waals surface area contributed by atoms with E-state index in [-0.39, 0.29) is 17.2 Å². The van der Waals surface area contributed by atoms with E-state index in [1.165, 1.54) is 32.4 Å². The van der Waals surface area contributed by atoms with E-state index in [2.05, 4.69) is 5.32 Å². The summed E-state index contributed by atoms with van der Waals surface area (Å²) in [5.74, 6) is -0.422. The molecule has 0 unspecified atom stereocenters. The number of nitro groups is 1. The van der Waals surface area contributed by atoms with Crippen LogP contribution in [0.2, 0.25) is 0 Å². The van der Waals surface area contributed by atoms with E-state index in [9.17, 15) is 19.7 Å². The van der Waals surface area contributed by atoms with E-state index in [0.29, 0.717) is 24.3 Å². The fraction of sp³-hybridized carbons (Fsp3) is 0.333. The Bertz CT molecular complexity index is 933. The smallest absolute Gasteiger partial charge is 0.341 e. The maximum absolute atomic E-state index is 13.3. The summed E-state index contributed by atoms with van der Waals surface area (Å²) >= 11 is 0. The monoisotopic (exact) mass is 398 g/mol. The first-order valence-corrected chi connectivity index (χ1v) is 9.24. The number of carbonyl (C=O) groups excluding carboxylic acids is 2. The molecule has 0 spiro atoms. The van der Waals surface area contributed by atoms with E-state index < -0.39 is 16.3 Å². The minimum absolute atomic E-state index is 0.0137. The molecule has 0 radical (unpaired) electrons. The average Bonchev–Trinajstić information content (AvgIpc) is 3.24. The first kappa shape index (κ1) is 20.3. The molecule has 0 aliphatic heterocycles. The SMILES string of the molecule is COC(=O)c1cc(NC(=O)C2(c3ccc([N+](=O)[O-])cc3)CCCC2)ccc1OC. The number of rotatable bonds is 6. The van der Waals surface area contributed by atoms with E-state index in [4.69, 9.17) is 9.47 Å². The summed E-state index contributed by atoms with van der Waals surface area (Å²) in [6.07, 6.45) is 3.08. The topological polar surface area (TPSA) is 108 Å². The van der Waals surface area contributed by atoms with Gasteiger partial charge in [-0.3, -0.25) is 14.9 Å². The predicted octanol–water partition coefficient (Wildman–Crippen LogP) is 3.84. The number of hydrogen-bond donors (Lipinski definition) is 1. The molecule has 152 valence electrons. The summed E-state index contributed by atoms with van der Waals surface area (Å²) < 4.78 is 9.95. The Balaban J connectivity index is 1.91. The minimum atomic E-state index is -0.763. The molecule has 0 heterocycles. The number of amides is 1.